The number of aromatic nitrogens is 1. The average Bonchev–Trinajstić information content (AvgIpc) is 3.13. The first-order valence-corrected chi connectivity index (χ1v) is 9.75. The highest BCUT2D eigenvalue weighted by Crippen LogP contribution is 2.23. The molecule has 1 fully saturated rings. The summed E-state index contributed by atoms with van der Waals surface area (Å²) >= 11 is 0. The number of carbonyl (C=O) groups excluding carboxylic acids is 1. The molecule has 2 heterocycles. The Balaban J connectivity index is 1.26. The van der Waals surface area contributed by atoms with Crippen molar-refractivity contribution in [1.82, 2.24) is 9.88 Å². The molecule has 4 heteroatoms. The van der Waals surface area contributed by atoms with E-state index in [0.717, 1.165) is 55.4 Å². The van der Waals surface area contributed by atoms with Crippen LogP contribution in [-0.2, 0) is 6.42 Å². The maximum Gasteiger partial charge on any atom is 0.166 e. The van der Waals surface area contributed by atoms with Crippen molar-refractivity contribution in [2.45, 2.75) is 25.7 Å². The summed E-state index contributed by atoms with van der Waals surface area (Å²) in [5.74, 6) is 0.686. The van der Waals surface area contributed by atoms with Crippen molar-refractivity contribution >= 4 is 16.7 Å². The molecule has 3 aromatic rings. The number of hydrogen-bond donors (Lipinski definition) is 1. The second-order valence-electron chi connectivity index (χ2n) is 7.54. The number of carbonyl (C=O) groups is 1. The van der Waals surface area contributed by atoms with Gasteiger partial charge in [-0.3, -0.25) is 4.79 Å². The number of para-hydroxylation sites is 1. The van der Waals surface area contributed by atoms with E-state index in [1.54, 1.807) is 12.1 Å². The van der Waals surface area contributed by atoms with Gasteiger partial charge in [0.1, 0.15) is 5.82 Å². The zero-order chi connectivity index (χ0) is 18.6. The van der Waals surface area contributed by atoms with Crippen molar-refractivity contribution in [2.75, 3.05) is 19.6 Å². The van der Waals surface area contributed by atoms with Gasteiger partial charge in [0.15, 0.2) is 5.78 Å². The fraction of sp³-hybridized carbons (Fsp3) is 0.348. The van der Waals surface area contributed by atoms with E-state index in [1.807, 2.05) is 42.6 Å². The first-order chi connectivity index (χ1) is 13.2. The molecular formula is C23H25FN2O. The first kappa shape index (κ1) is 17.9. The number of nitrogens with zero attached hydrogens (tertiary/aromatic N) is 1. The molecule has 27 heavy (non-hydrogen) atoms. The number of Topliss-reactive ketones (excluding diaryl/α,β-unsaturated/α-hetero) is 1. The van der Waals surface area contributed by atoms with E-state index < -0.39 is 0 Å². The van der Waals surface area contributed by atoms with Crippen LogP contribution in [0.1, 0.15) is 35.2 Å². The quantitative estimate of drug-likeness (QED) is 0.636. The van der Waals surface area contributed by atoms with Gasteiger partial charge in [-0.15, -0.1) is 0 Å². The summed E-state index contributed by atoms with van der Waals surface area (Å²) in [6.07, 6.45) is 5.69. The highest BCUT2D eigenvalue weighted by molar-refractivity contribution is 6.07. The molecule has 1 aliphatic heterocycles. The molecule has 3 nitrogen and oxygen atoms in total. The summed E-state index contributed by atoms with van der Waals surface area (Å²) in [5, 5.41) is 1.01. The molecule has 140 valence electrons. The van der Waals surface area contributed by atoms with Gasteiger partial charge in [0.25, 0.3) is 0 Å². The Hall–Kier alpha value is -2.46. The summed E-state index contributed by atoms with van der Waals surface area (Å²) in [5.41, 5.74) is 3.03. The van der Waals surface area contributed by atoms with Gasteiger partial charge in [-0.25, -0.2) is 4.39 Å². The molecule has 0 unspecified atom stereocenters. The molecule has 1 saturated heterocycles. The van der Waals surface area contributed by atoms with E-state index in [4.69, 9.17) is 0 Å². The molecule has 0 aliphatic carbocycles. The Kier molecular flexibility index (Phi) is 5.35. The van der Waals surface area contributed by atoms with Crippen LogP contribution >= 0.6 is 0 Å². The molecule has 1 aromatic heterocycles. The molecule has 0 bridgehead atoms. The van der Waals surface area contributed by atoms with Crippen LogP contribution < -0.4 is 0 Å². The lowest BCUT2D eigenvalue weighted by molar-refractivity contribution is 0.0952. The third-order valence-electron chi connectivity index (χ3n) is 5.69. The van der Waals surface area contributed by atoms with Crippen molar-refractivity contribution in [2.24, 2.45) is 5.92 Å². The van der Waals surface area contributed by atoms with Gasteiger partial charge in [0.05, 0.1) is 0 Å². The van der Waals surface area contributed by atoms with Gasteiger partial charge in [-0.05, 0) is 62.0 Å². The normalized spacial score (nSPS) is 16.0. The van der Waals surface area contributed by atoms with Crippen LogP contribution in [0.15, 0.2) is 54.7 Å². The lowest BCUT2D eigenvalue weighted by Gasteiger charge is -2.31. The highest BCUT2D eigenvalue weighted by atomic mass is 19.1. The molecule has 2 aromatic carbocycles. The molecule has 4 rings (SSSR count). The highest BCUT2D eigenvalue weighted by Gasteiger charge is 2.20. The minimum Gasteiger partial charge on any atom is -0.360 e. The first-order valence-electron chi connectivity index (χ1n) is 9.75. The summed E-state index contributed by atoms with van der Waals surface area (Å²) < 4.78 is 13.0. The molecule has 1 N–H and O–H groups in total. The number of fused-ring (bicyclic) bond motifs is 1. The maximum absolute atomic E-state index is 13.0. The van der Waals surface area contributed by atoms with Crippen molar-refractivity contribution in [3.8, 4) is 0 Å². The SMILES string of the molecule is O=C(CCN1CCC(Cc2ccc(F)cc2)CC1)c1c[nH]c2ccccc12. The number of hydrogen-bond acceptors (Lipinski definition) is 2. The lowest BCUT2D eigenvalue weighted by Crippen LogP contribution is -2.35. The van der Waals surface area contributed by atoms with Gasteiger partial charge in [-0.1, -0.05) is 30.3 Å². The average molecular weight is 364 g/mol. The van der Waals surface area contributed by atoms with Crippen molar-refractivity contribution in [1.29, 1.82) is 0 Å². The van der Waals surface area contributed by atoms with Crippen molar-refractivity contribution in [3.63, 3.8) is 0 Å². The van der Waals surface area contributed by atoms with E-state index in [9.17, 15) is 9.18 Å². The Morgan fingerprint density at radius 1 is 1.07 bits per heavy atom. The second kappa shape index (κ2) is 8.05. The molecular weight excluding hydrogens is 339 g/mol. The summed E-state index contributed by atoms with van der Waals surface area (Å²) in [4.78, 5) is 18.2. The minimum atomic E-state index is -0.173. The van der Waals surface area contributed by atoms with Gasteiger partial charge >= 0.3 is 0 Å². The Labute approximate surface area is 159 Å². The predicted molar refractivity (Wildman–Crippen MR) is 107 cm³/mol. The lowest BCUT2D eigenvalue weighted by atomic mass is 9.90. The van der Waals surface area contributed by atoms with Crippen molar-refractivity contribution in [3.05, 3.63) is 71.7 Å². The molecule has 0 saturated carbocycles. The molecule has 1 aliphatic rings. The van der Waals surface area contributed by atoms with Gasteiger partial charge in [-0.2, -0.15) is 0 Å². The molecule has 0 atom stereocenters. The number of benzene rings is 2. The topological polar surface area (TPSA) is 36.1 Å². The monoisotopic (exact) mass is 364 g/mol. The second-order valence-corrected chi connectivity index (χ2v) is 7.54. The summed E-state index contributed by atoms with van der Waals surface area (Å²) in [6.45, 7) is 2.89. The third kappa shape index (κ3) is 4.28. The number of likely N-dealkylation sites (tertiary alicyclic amines) is 1. The number of halogens is 1. The molecule has 0 amide bonds. The zero-order valence-corrected chi connectivity index (χ0v) is 15.5. The number of nitrogens with one attached hydrogen (secondary N) is 1. The number of H-pyrrole nitrogens is 1. The molecule has 0 spiro atoms. The number of aromatic amines is 1. The van der Waals surface area contributed by atoms with Gasteiger partial charge in [0, 0.05) is 35.6 Å². The van der Waals surface area contributed by atoms with Crippen LogP contribution in [0.5, 0.6) is 0 Å². The van der Waals surface area contributed by atoms with E-state index >= 15 is 0 Å². The van der Waals surface area contributed by atoms with Gasteiger partial charge in [0.2, 0.25) is 0 Å². The van der Waals surface area contributed by atoms with Crippen LogP contribution in [-0.4, -0.2) is 35.3 Å². The fourth-order valence-electron chi connectivity index (χ4n) is 4.06. The molecule has 0 radical (unpaired) electrons. The van der Waals surface area contributed by atoms with Crippen molar-refractivity contribution < 1.29 is 9.18 Å². The standard InChI is InChI=1S/C23H25FN2O/c24-19-7-5-17(6-8-19)15-18-9-12-26(13-10-18)14-11-23(27)21-16-25-22-4-2-1-3-20(21)22/h1-8,16,18,25H,9-15H2. The Morgan fingerprint density at radius 3 is 2.59 bits per heavy atom. The van der Waals surface area contributed by atoms with Crippen LogP contribution in [0.4, 0.5) is 4.39 Å². The van der Waals surface area contributed by atoms with E-state index in [2.05, 4.69) is 9.88 Å². The zero-order valence-electron chi connectivity index (χ0n) is 15.5. The number of piperidine rings is 1. The van der Waals surface area contributed by atoms with Gasteiger partial charge < -0.3 is 9.88 Å². The largest absolute Gasteiger partial charge is 0.360 e. The smallest absolute Gasteiger partial charge is 0.166 e. The summed E-state index contributed by atoms with van der Waals surface area (Å²) in [7, 11) is 0. The van der Waals surface area contributed by atoms with E-state index in [0.29, 0.717) is 12.3 Å². The van der Waals surface area contributed by atoms with Crippen LogP contribution in [0.2, 0.25) is 0 Å². The van der Waals surface area contributed by atoms with Crippen LogP contribution in [0.25, 0.3) is 10.9 Å². The van der Waals surface area contributed by atoms with E-state index in [1.165, 1.54) is 5.56 Å². The Morgan fingerprint density at radius 2 is 1.81 bits per heavy atom. The number of ketones is 1. The fourth-order valence-corrected chi connectivity index (χ4v) is 4.06. The minimum absolute atomic E-state index is 0.173. The summed E-state index contributed by atoms with van der Waals surface area (Å²) in [6, 6.07) is 14.8. The maximum atomic E-state index is 13.0. The predicted octanol–water partition coefficient (Wildman–Crippen LogP) is 4.83. The van der Waals surface area contributed by atoms with Crippen LogP contribution in [0.3, 0.4) is 0 Å². The third-order valence-corrected chi connectivity index (χ3v) is 5.69. The van der Waals surface area contributed by atoms with Crippen LogP contribution in [0, 0.1) is 11.7 Å². The number of rotatable bonds is 6. The van der Waals surface area contributed by atoms with E-state index in [-0.39, 0.29) is 11.6 Å². The Bertz CT molecular complexity index is 908.